The molecule has 0 aliphatic carbocycles. The number of nitrogens with one attached hydrogen (secondary N) is 2. The van der Waals surface area contributed by atoms with Crippen LogP contribution in [0.4, 0.5) is 0 Å². The van der Waals surface area contributed by atoms with Crippen molar-refractivity contribution < 1.29 is 38.7 Å². The Morgan fingerprint density at radius 3 is 2.64 bits per heavy atom. The zero-order chi connectivity index (χ0) is 28.0. The van der Waals surface area contributed by atoms with Crippen molar-refractivity contribution in [3.8, 4) is 0 Å². The predicted octanol–water partition coefficient (Wildman–Crippen LogP) is 0.0774. The lowest BCUT2D eigenvalue weighted by atomic mass is 10.0. The van der Waals surface area contributed by atoms with E-state index in [2.05, 4.69) is 20.5 Å². The molecule has 12 nitrogen and oxygen atoms in total. The van der Waals surface area contributed by atoms with E-state index in [0.29, 0.717) is 78.8 Å². The van der Waals surface area contributed by atoms with Crippen molar-refractivity contribution in [2.24, 2.45) is 4.99 Å². The van der Waals surface area contributed by atoms with E-state index in [-0.39, 0.29) is 5.91 Å². The monoisotopic (exact) mass is 558 g/mol. The summed E-state index contributed by atoms with van der Waals surface area (Å²) in [5, 5.41) is 25.4. The first-order valence-corrected chi connectivity index (χ1v) is 14.3. The normalized spacial score (nSPS) is 21.3. The zero-order valence-corrected chi connectivity index (χ0v) is 23.6. The van der Waals surface area contributed by atoms with Gasteiger partial charge in [-0.15, -0.1) is 0 Å². The van der Waals surface area contributed by atoms with Gasteiger partial charge in [-0.1, -0.05) is 0 Å². The highest BCUT2D eigenvalue weighted by Gasteiger charge is 2.31. The highest BCUT2D eigenvalue weighted by atomic mass is 16.5. The van der Waals surface area contributed by atoms with Crippen LogP contribution >= 0.6 is 0 Å². The molecule has 3 atom stereocenters. The highest BCUT2D eigenvalue weighted by Crippen LogP contribution is 2.15. The van der Waals surface area contributed by atoms with Crippen molar-refractivity contribution in [1.29, 1.82) is 0 Å². The SMILES string of the molecule is CNCCCC(=O)NCCOCC1=CN(CCOCCOCCCCCOCC2OCC[C@@H](O)[C@H]2O)CC=N1. The van der Waals surface area contributed by atoms with Crippen LogP contribution < -0.4 is 10.6 Å². The van der Waals surface area contributed by atoms with Crippen molar-refractivity contribution in [2.45, 2.75) is 56.8 Å². The summed E-state index contributed by atoms with van der Waals surface area (Å²) < 4.78 is 28.0. The molecule has 12 heteroatoms. The lowest BCUT2D eigenvalue weighted by Gasteiger charge is -2.31. The molecule has 2 heterocycles. The Balaban J connectivity index is 1.35. The molecule has 0 aromatic heterocycles. The van der Waals surface area contributed by atoms with Gasteiger partial charge in [0.15, 0.2) is 0 Å². The first-order valence-electron chi connectivity index (χ1n) is 14.3. The number of hydrogen-bond acceptors (Lipinski definition) is 11. The maximum absolute atomic E-state index is 11.7. The molecule has 1 amide bonds. The minimum Gasteiger partial charge on any atom is -0.390 e. The molecule has 0 aromatic rings. The summed E-state index contributed by atoms with van der Waals surface area (Å²) in [6.45, 7) is 7.48. The van der Waals surface area contributed by atoms with E-state index in [9.17, 15) is 15.0 Å². The van der Waals surface area contributed by atoms with Crippen molar-refractivity contribution in [2.75, 3.05) is 92.7 Å². The molecule has 0 saturated carbocycles. The molecule has 0 radical (unpaired) electrons. The number of hydrogen-bond donors (Lipinski definition) is 4. The molecule has 0 spiro atoms. The zero-order valence-electron chi connectivity index (χ0n) is 23.6. The molecule has 2 rings (SSSR count). The number of ether oxygens (including phenoxy) is 5. The van der Waals surface area contributed by atoms with Gasteiger partial charge in [-0.25, -0.2) is 0 Å². The third kappa shape index (κ3) is 16.3. The maximum Gasteiger partial charge on any atom is 0.220 e. The lowest BCUT2D eigenvalue weighted by molar-refractivity contribution is -0.154. The summed E-state index contributed by atoms with van der Waals surface area (Å²) in [6.07, 6.45) is 6.51. The van der Waals surface area contributed by atoms with E-state index in [1.54, 1.807) is 0 Å². The second kappa shape index (κ2) is 22.1. The number of aliphatic imine (C=N–C) groups is 1. The number of unbranched alkanes of at least 4 members (excludes halogenated alkanes) is 2. The fourth-order valence-corrected chi connectivity index (χ4v) is 4.04. The van der Waals surface area contributed by atoms with Crippen LogP contribution in [0, 0.1) is 0 Å². The summed E-state index contributed by atoms with van der Waals surface area (Å²) >= 11 is 0. The van der Waals surface area contributed by atoms with Gasteiger partial charge in [0.1, 0.15) is 12.2 Å². The average Bonchev–Trinajstić information content (AvgIpc) is 2.93. The molecule has 0 aromatic carbocycles. The summed E-state index contributed by atoms with van der Waals surface area (Å²) in [6, 6.07) is 0. The summed E-state index contributed by atoms with van der Waals surface area (Å²) in [5.74, 6) is 0.0492. The fourth-order valence-electron chi connectivity index (χ4n) is 4.04. The molecule has 1 unspecified atom stereocenters. The number of rotatable bonds is 23. The number of nitrogens with zero attached hydrogens (tertiary/aromatic N) is 2. The number of aliphatic hydroxyl groups excluding tert-OH is 2. The van der Waals surface area contributed by atoms with Gasteiger partial charge in [-0.05, 0) is 45.7 Å². The van der Waals surface area contributed by atoms with Gasteiger partial charge in [-0.3, -0.25) is 9.79 Å². The molecular weight excluding hydrogens is 508 g/mol. The van der Waals surface area contributed by atoms with E-state index in [1.807, 2.05) is 19.5 Å². The van der Waals surface area contributed by atoms with Crippen LogP contribution in [0.1, 0.15) is 38.5 Å². The van der Waals surface area contributed by atoms with Crippen LogP contribution in [0.15, 0.2) is 16.9 Å². The molecule has 39 heavy (non-hydrogen) atoms. The van der Waals surface area contributed by atoms with Gasteiger partial charge in [-0.2, -0.15) is 0 Å². The van der Waals surface area contributed by atoms with Crippen molar-refractivity contribution in [3.63, 3.8) is 0 Å². The van der Waals surface area contributed by atoms with E-state index in [0.717, 1.165) is 51.0 Å². The lowest BCUT2D eigenvalue weighted by Crippen LogP contribution is -2.46. The quantitative estimate of drug-likeness (QED) is 0.127. The van der Waals surface area contributed by atoms with Crippen molar-refractivity contribution >= 4 is 12.1 Å². The minimum atomic E-state index is -0.868. The molecule has 1 saturated heterocycles. The molecule has 0 bridgehead atoms. The van der Waals surface area contributed by atoms with Crippen LogP contribution in [-0.2, 0) is 28.5 Å². The third-order valence-corrected chi connectivity index (χ3v) is 6.33. The third-order valence-electron chi connectivity index (χ3n) is 6.33. The molecule has 226 valence electrons. The summed E-state index contributed by atoms with van der Waals surface area (Å²) in [5.41, 5.74) is 0.856. The first-order chi connectivity index (χ1) is 19.1. The Labute approximate surface area is 233 Å². The maximum atomic E-state index is 11.7. The molecule has 2 aliphatic heterocycles. The van der Waals surface area contributed by atoms with Crippen LogP contribution in [-0.4, -0.2) is 138 Å². The van der Waals surface area contributed by atoms with Gasteiger partial charge < -0.3 is 49.4 Å². The average molecular weight is 559 g/mol. The van der Waals surface area contributed by atoms with Crippen molar-refractivity contribution in [1.82, 2.24) is 15.5 Å². The van der Waals surface area contributed by atoms with Crippen LogP contribution in [0.25, 0.3) is 0 Å². The van der Waals surface area contributed by atoms with Gasteiger partial charge in [0.05, 0.1) is 58.0 Å². The number of amides is 1. The van der Waals surface area contributed by atoms with E-state index >= 15 is 0 Å². The van der Waals surface area contributed by atoms with Gasteiger partial charge in [0, 0.05) is 51.7 Å². The summed E-state index contributed by atoms with van der Waals surface area (Å²) in [7, 11) is 1.88. The van der Waals surface area contributed by atoms with E-state index < -0.39 is 18.3 Å². The number of carbonyl (C=O) groups excluding carboxylic acids is 1. The van der Waals surface area contributed by atoms with E-state index in [4.69, 9.17) is 23.7 Å². The Morgan fingerprint density at radius 1 is 1.03 bits per heavy atom. The predicted molar refractivity (Wildman–Crippen MR) is 148 cm³/mol. The molecular formula is C27H50N4O8. The van der Waals surface area contributed by atoms with Gasteiger partial charge in [0.25, 0.3) is 0 Å². The molecule has 2 aliphatic rings. The van der Waals surface area contributed by atoms with E-state index in [1.165, 1.54) is 0 Å². The molecule has 1 fully saturated rings. The fraction of sp³-hybridized carbons (Fsp3) is 0.852. The topological polar surface area (TPSA) is 143 Å². The van der Waals surface area contributed by atoms with Crippen molar-refractivity contribution in [3.05, 3.63) is 11.9 Å². The Morgan fingerprint density at radius 2 is 1.82 bits per heavy atom. The minimum absolute atomic E-state index is 0.0492. The second-order valence-corrected chi connectivity index (χ2v) is 9.65. The first kappa shape index (κ1) is 33.6. The van der Waals surface area contributed by atoms with Gasteiger partial charge >= 0.3 is 0 Å². The Hall–Kier alpha value is -1.64. The van der Waals surface area contributed by atoms with Crippen LogP contribution in [0.2, 0.25) is 0 Å². The Bertz CT molecular complexity index is 697. The van der Waals surface area contributed by atoms with Gasteiger partial charge in [0.2, 0.25) is 5.91 Å². The van der Waals surface area contributed by atoms with Crippen LogP contribution in [0.5, 0.6) is 0 Å². The number of carbonyl (C=O) groups is 1. The smallest absolute Gasteiger partial charge is 0.220 e. The second-order valence-electron chi connectivity index (χ2n) is 9.65. The van der Waals surface area contributed by atoms with Crippen LogP contribution in [0.3, 0.4) is 0 Å². The Kier molecular flexibility index (Phi) is 19.0. The largest absolute Gasteiger partial charge is 0.390 e. The summed E-state index contributed by atoms with van der Waals surface area (Å²) in [4.78, 5) is 18.2. The highest BCUT2D eigenvalue weighted by molar-refractivity contribution is 5.75. The number of aliphatic hydroxyl groups is 2. The molecule has 4 N–H and O–H groups in total. The standard InChI is InChI=1S/C27H50N4O8/c1-28-8-5-6-26(33)30-10-16-38-21-23-20-31(11-9-29-23)12-17-36-19-18-35-13-3-2-4-14-37-22-25-27(34)24(32)7-15-39-25/h9,20,24-25,27-28,32,34H,2-8,10-19,21-22H2,1H3,(H,30,33)/t24-,25?,27-/m1/s1.